The number of benzene rings is 1. The molecule has 0 saturated carbocycles. The Balaban J connectivity index is 1.43. The molecule has 0 aliphatic rings. The van der Waals surface area contributed by atoms with E-state index < -0.39 is 0 Å². The number of hydrogen-bond acceptors (Lipinski definition) is 8. The van der Waals surface area contributed by atoms with Gasteiger partial charge in [0.05, 0.1) is 12.0 Å². The van der Waals surface area contributed by atoms with E-state index in [0.29, 0.717) is 34.4 Å². The van der Waals surface area contributed by atoms with Gasteiger partial charge in [-0.15, -0.1) is 20.4 Å². The van der Waals surface area contributed by atoms with E-state index in [1.54, 1.807) is 18.4 Å². The van der Waals surface area contributed by atoms with Crippen molar-refractivity contribution in [2.45, 2.75) is 17.9 Å². The third-order valence-electron chi connectivity index (χ3n) is 3.19. The standard InChI is InChI=1S/C16H12N4O3S/c1-10-4-2-5-11(8-10)14-18-17-13(22-14)9-24-16-20-19-15(23-16)12-6-3-7-21-12/h2-8H,9H2,1H3. The van der Waals surface area contributed by atoms with Crippen LogP contribution in [-0.2, 0) is 5.75 Å². The van der Waals surface area contributed by atoms with Gasteiger partial charge in [0, 0.05) is 5.56 Å². The molecule has 24 heavy (non-hydrogen) atoms. The fourth-order valence-electron chi connectivity index (χ4n) is 2.10. The molecule has 3 heterocycles. The van der Waals surface area contributed by atoms with E-state index in [4.69, 9.17) is 13.3 Å². The van der Waals surface area contributed by atoms with Crippen LogP contribution in [0.5, 0.6) is 0 Å². The summed E-state index contributed by atoms with van der Waals surface area (Å²) in [5, 5.41) is 16.4. The Hall–Kier alpha value is -2.87. The molecule has 0 aliphatic heterocycles. The molecule has 0 amide bonds. The normalized spacial score (nSPS) is 11.0. The zero-order chi connectivity index (χ0) is 16.4. The molecule has 0 radical (unpaired) electrons. The first-order chi connectivity index (χ1) is 11.8. The van der Waals surface area contributed by atoms with E-state index in [-0.39, 0.29) is 0 Å². The number of nitrogens with zero attached hydrogens (tertiary/aromatic N) is 4. The van der Waals surface area contributed by atoms with Crippen LogP contribution in [0.2, 0.25) is 0 Å². The van der Waals surface area contributed by atoms with E-state index in [0.717, 1.165) is 11.1 Å². The lowest BCUT2D eigenvalue weighted by atomic mass is 10.1. The summed E-state index contributed by atoms with van der Waals surface area (Å²) in [4.78, 5) is 0. The highest BCUT2D eigenvalue weighted by atomic mass is 32.2. The second-order valence-corrected chi connectivity index (χ2v) is 5.94. The molecule has 1 aromatic carbocycles. The van der Waals surface area contributed by atoms with Crippen molar-refractivity contribution in [3.8, 4) is 23.1 Å². The van der Waals surface area contributed by atoms with Crippen LogP contribution in [0.15, 0.2) is 61.1 Å². The van der Waals surface area contributed by atoms with E-state index in [1.165, 1.54) is 11.8 Å². The maximum Gasteiger partial charge on any atom is 0.284 e. The highest BCUT2D eigenvalue weighted by Crippen LogP contribution is 2.26. The first-order valence-electron chi connectivity index (χ1n) is 7.17. The molecular formula is C16H12N4O3S. The highest BCUT2D eigenvalue weighted by molar-refractivity contribution is 7.98. The Labute approximate surface area is 141 Å². The first-order valence-corrected chi connectivity index (χ1v) is 8.16. The van der Waals surface area contributed by atoms with Crippen molar-refractivity contribution in [3.05, 3.63) is 54.1 Å². The molecule has 7 nitrogen and oxygen atoms in total. The van der Waals surface area contributed by atoms with Crippen molar-refractivity contribution in [2.24, 2.45) is 0 Å². The number of aromatic nitrogens is 4. The minimum absolute atomic E-state index is 0.341. The van der Waals surface area contributed by atoms with Crippen LogP contribution in [0.4, 0.5) is 0 Å². The third kappa shape index (κ3) is 3.09. The lowest BCUT2D eigenvalue weighted by Crippen LogP contribution is -1.80. The predicted octanol–water partition coefficient (Wildman–Crippen LogP) is 3.98. The Morgan fingerprint density at radius 3 is 2.71 bits per heavy atom. The lowest BCUT2D eigenvalue weighted by Gasteiger charge is -1.95. The molecule has 4 aromatic rings. The van der Waals surface area contributed by atoms with Crippen molar-refractivity contribution in [2.75, 3.05) is 0 Å². The van der Waals surface area contributed by atoms with Gasteiger partial charge in [0.1, 0.15) is 0 Å². The molecule has 8 heteroatoms. The van der Waals surface area contributed by atoms with Gasteiger partial charge in [-0.3, -0.25) is 0 Å². The summed E-state index contributed by atoms with van der Waals surface area (Å²) in [6.45, 7) is 2.02. The monoisotopic (exact) mass is 340 g/mol. The number of rotatable bonds is 5. The zero-order valence-electron chi connectivity index (χ0n) is 12.7. The zero-order valence-corrected chi connectivity index (χ0v) is 13.5. The summed E-state index contributed by atoms with van der Waals surface area (Å²) in [6.07, 6.45) is 1.55. The molecule has 120 valence electrons. The van der Waals surface area contributed by atoms with Gasteiger partial charge in [-0.2, -0.15) is 0 Å². The van der Waals surface area contributed by atoms with Crippen molar-refractivity contribution in [1.82, 2.24) is 20.4 Å². The minimum Gasteiger partial charge on any atom is -0.459 e. The van der Waals surface area contributed by atoms with Crippen LogP contribution in [0, 0.1) is 6.92 Å². The molecular weight excluding hydrogens is 328 g/mol. The summed E-state index contributed by atoms with van der Waals surface area (Å²) in [7, 11) is 0. The molecule has 0 N–H and O–H groups in total. The second kappa shape index (κ2) is 6.32. The maximum atomic E-state index is 5.67. The van der Waals surface area contributed by atoms with Gasteiger partial charge in [0.2, 0.25) is 11.8 Å². The van der Waals surface area contributed by atoms with E-state index in [1.807, 2.05) is 31.2 Å². The Kier molecular flexibility index (Phi) is 3.87. The quantitative estimate of drug-likeness (QED) is 0.504. The average Bonchev–Trinajstić information content (AvgIpc) is 3.33. The maximum absolute atomic E-state index is 5.67. The molecule has 4 rings (SSSR count). The van der Waals surface area contributed by atoms with Crippen LogP contribution in [0.1, 0.15) is 11.5 Å². The summed E-state index contributed by atoms with van der Waals surface area (Å²) in [5.74, 6) is 2.31. The van der Waals surface area contributed by atoms with Gasteiger partial charge < -0.3 is 13.3 Å². The molecule has 0 spiro atoms. The van der Waals surface area contributed by atoms with Crippen LogP contribution in [0.3, 0.4) is 0 Å². The van der Waals surface area contributed by atoms with E-state index in [2.05, 4.69) is 20.4 Å². The van der Waals surface area contributed by atoms with Gasteiger partial charge in [-0.25, -0.2) is 0 Å². The SMILES string of the molecule is Cc1cccc(-c2nnc(CSc3nnc(-c4ccco4)o3)o2)c1. The van der Waals surface area contributed by atoms with Gasteiger partial charge in [-0.05, 0) is 31.2 Å². The molecule has 0 bridgehead atoms. The lowest BCUT2D eigenvalue weighted by molar-refractivity contribution is 0.446. The summed E-state index contributed by atoms with van der Waals surface area (Å²) in [5.41, 5.74) is 2.04. The molecule has 0 atom stereocenters. The Bertz CT molecular complexity index is 946. The summed E-state index contributed by atoms with van der Waals surface area (Å²) < 4.78 is 16.4. The van der Waals surface area contributed by atoms with Crippen molar-refractivity contribution < 1.29 is 13.3 Å². The average molecular weight is 340 g/mol. The van der Waals surface area contributed by atoms with Crippen LogP contribution in [0.25, 0.3) is 23.1 Å². The van der Waals surface area contributed by atoms with Gasteiger partial charge in [-0.1, -0.05) is 29.5 Å². The molecule has 3 aromatic heterocycles. The second-order valence-electron chi connectivity index (χ2n) is 5.01. The Morgan fingerprint density at radius 2 is 1.88 bits per heavy atom. The van der Waals surface area contributed by atoms with Crippen molar-refractivity contribution in [3.63, 3.8) is 0 Å². The summed E-state index contributed by atoms with van der Waals surface area (Å²) >= 11 is 1.33. The van der Waals surface area contributed by atoms with Gasteiger partial charge >= 0.3 is 0 Å². The predicted molar refractivity (Wildman–Crippen MR) is 86.0 cm³/mol. The fraction of sp³-hybridized carbons (Fsp3) is 0.125. The first kappa shape index (κ1) is 14.7. The van der Waals surface area contributed by atoms with E-state index >= 15 is 0 Å². The van der Waals surface area contributed by atoms with E-state index in [9.17, 15) is 0 Å². The third-order valence-corrected chi connectivity index (χ3v) is 3.99. The number of hydrogen-bond donors (Lipinski definition) is 0. The fourth-order valence-corrected chi connectivity index (χ4v) is 2.70. The van der Waals surface area contributed by atoms with Crippen LogP contribution in [-0.4, -0.2) is 20.4 Å². The number of aryl methyl sites for hydroxylation is 1. The largest absolute Gasteiger partial charge is 0.459 e. The molecule has 0 fully saturated rings. The smallest absolute Gasteiger partial charge is 0.284 e. The highest BCUT2D eigenvalue weighted by Gasteiger charge is 2.14. The van der Waals surface area contributed by atoms with Crippen molar-refractivity contribution in [1.29, 1.82) is 0 Å². The topological polar surface area (TPSA) is 91.0 Å². The molecule has 0 unspecified atom stereocenters. The number of furan rings is 1. The molecule has 0 aliphatic carbocycles. The van der Waals surface area contributed by atoms with Crippen LogP contribution >= 0.6 is 11.8 Å². The van der Waals surface area contributed by atoms with Crippen LogP contribution < -0.4 is 0 Å². The summed E-state index contributed by atoms with van der Waals surface area (Å²) in [6, 6.07) is 11.4. The van der Waals surface area contributed by atoms with Gasteiger partial charge in [0.25, 0.3) is 11.1 Å². The van der Waals surface area contributed by atoms with Gasteiger partial charge in [0.15, 0.2) is 5.76 Å². The molecule has 0 saturated heterocycles. The van der Waals surface area contributed by atoms with Crippen molar-refractivity contribution >= 4 is 11.8 Å². The minimum atomic E-state index is 0.341. The number of thioether (sulfide) groups is 1. The Morgan fingerprint density at radius 1 is 0.958 bits per heavy atom.